The second-order valence-corrected chi connectivity index (χ2v) is 4.67. The van der Waals surface area contributed by atoms with E-state index in [4.69, 9.17) is 9.47 Å². The van der Waals surface area contributed by atoms with E-state index in [0.29, 0.717) is 11.6 Å². The Kier molecular flexibility index (Phi) is 3.09. The maximum atomic E-state index is 5.19. The zero-order chi connectivity index (χ0) is 10.9. The van der Waals surface area contributed by atoms with Crippen LogP contribution in [0.1, 0.15) is 20.8 Å². The van der Waals surface area contributed by atoms with Crippen molar-refractivity contribution in [1.82, 2.24) is 9.78 Å². The van der Waals surface area contributed by atoms with Crippen LogP contribution in [0.5, 0.6) is 11.6 Å². The first-order chi connectivity index (χ1) is 6.41. The summed E-state index contributed by atoms with van der Waals surface area (Å²) in [4.78, 5) is 0. The lowest BCUT2D eigenvalue weighted by Gasteiger charge is -2.19. The summed E-state index contributed by atoms with van der Waals surface area (Å²) < 4.78 is 12.9. The van der Waals surface area contributed by atoms with Crippen LogP contribution in [0.25, 0.3) is 0 Å². The van der Waals surface area contributed by atoms with Crippen LogP contribution >= 0.6 is 15.9 Å². The first kappa shape index (κ1) is 11.4. The van der Waals surface area contributed by atoms with Gasteiger partial charge in [-0.1, -0.05) is 0 Å². The Bertz CT molecular complexity index is 328. The summed E-state index contributed by atoms with van der Waals surface area (Å²) in [6.45, 7) is 6.18. The van der Waals surface area contributed by atoms with Crippen LogP contribution in [0.3, 0.4) is 0 Å². The van der Waals surface area contributed by atoms with Crippen molar-refractivity contribution in [2.45, 2.75) is 26.3 Å². The zero-order valence-corrected chi connectivity index (χ0v) is 10.7. The van der Waals surface area contributed by atoms with Crippen LogP contribution in [0.4, 0.5) is 0 Å². The normalized spacial score (nSPS) is 11.6. The van der Waals surface area contributed by atoms with Crippen molar-refractivity contribution in [1.29, 1.82) is 0 Å². The molecule has 1 rings (SSSR count). The van der Waals surface area contributed by atoms with E-state index in [2.05, 4.69) is 41.8 Å². The van der Waals surface area contributed by atoms with Crippen LogP contribution < -0.4 is 9.47 Å². The van der Waals surface area contributed by atoms with Gasteiger partial charge in [0.05, 0.1) is 19.8 Å². The molecule has 5 heteroatoms. The zero-order valence-electron chi connectivity index (χ0n) is 9.09. The van der Waals surface area contributed by atoms with Crippen LogP contribution in [-0.4, -0.2) is 24.0 Å². The Hall–Kier alpha value is -0.710. The van der Waals surface area contributed by atoms with Gasteiger partial charge < -0.3 is 9.47 Å². The van der Waals surface area contributed by atoms with Gasteiger partial charge in [-0.3, -0.25) is 0 Å². The largest absolute Gasteiger partial charge is 0.489 e. The number of rotatable bonds is 2. The molecule has 1 aromatic heterocycles. The highest BCUT2D eigenvalue weighted by atomic mass is 79.9. The molecular weight excluding hydrogens is 248 g/mol. The smallest absolute Gasteiger partial charge is 0.276 e. The van der Waals surface area contributed by atoms with Gasteiger partial charge in [0.25, 0.3) is 5.88 Å². The minimum absolute atomic E-state index is 0.108. The average molecular weight is 263 g/mol. The molecule has 0 atom stereocenters. The number of methoxy groups -OCH3 is 2. The molecule has 0 spiro atoms. The van der Waals surface area contributed by atoms with E-state index in [1.54, 1.807) is 14.2 Å². The van der Waals surface area contributed by atoms with Gasteiger partial charge in [0.15, 0.2) is 4.60 Å². The lowest BCUT2D eigenvalue weighted by Crippen LogP contribution is -2.23. The summed E-state index contributed by atoms with van der Waals surface area (Å²) in [6.07, 6.45) is 0. The third-order valence-electron chi connectivity index (χ3n) is 1.79. The predicted octanol–water partition coefficient (Wildman–Crippen LogP) is 2.42. The molecule has 1 aromatic rings. The molecule has 0 aromatic carbocycles. The number of nitrogens with zero attached hydrogens (tertiary/aromatic N) is 2. The van der Waals surface area contributed by atoms with Crippen LogP contribution in [0, 0.1) is 0 Å². The maximum Gasteiger partial charge on any atom is 0.276 e. The summed E-state index contributed by atoms with van der Waals surface area (Å²) >= 11 is 3.43. The standard InChI is InChI=1S/C9H15BrN2O2/c1-9(2,3)12-7(10)6(13-4)8(11-12)14-5/h1-5H3. The lowest BCUT2D eigenvalue weighted by atomic mass is 10.1. The minimum Gasteiger partial charge on any atom is -0.489 e. The molecule has 0 N–H and O–H groups in total. The van der Waals surface area contributed by atoms with Crippen molar-refractivity contribution in [3.63, 3.8) is 0 Å². The van der Waals surface area contributed by atoms with E-state index >= 15 is 0 Å². The van der Waals surface area contributed by atoms with Crippen LogP contribution in [-0.2, 0) is 5.54 Å². The molecule has 0 aliphatic rings. The Morgan fingerprint density at radius 2 is 1.79 bits per heavy atom. The Labute approximate surface area is 92.3 Å². The first-order valence-corrected chi connectivity index (χ1v) is 5.08. The summed E-state index contributed by atoms with van der Waals surface area (Å²) in [5.74, 6) is 1.12. The molecule has 0 aliphatic carbocycles. The van der Waals surface area contributed by atoms with Gasteiger partial charge >= 0.3 is 0 Å². The summed E-state index contributed by atoms with van der Waals surface area (Å²) in [6, 6.07) is 0. The van der Waals surface area contributed by atoms with Crippen molar-refractivity contribution in [2.24, 2.45) is 0 Å². The average Bonchev–Trinajstić information content (AvgIpc) is 2.40. The van der Waals surface area contributed by atoms with E-state index in [9.17, 15) is 0 Å². The fraction of sp³-hybridized carbons (Fsp3) is 0.667. The molecule has 0 radical (unpaired) electrons. The highest BCUT2D eigenvalue weighted by Gasteiger charge is 2.24. The Morgan fingerprint density at radius 3 is 2.07 bits per heavy atom. The molecule has 0 bridgehead atoms. The van der Waals surface area contributed by atoms with Gasteiger partial charge in [-0.25, -0.2) is 4.68 Å². The number of halogens is 1. The third kappa shape index (κ3) is 1.87. The quantitative estimate of drug-likeness (QED) is 0.822. The number of ether oxygens (including phenoxy) is 2. The molecular formula is C9H15BrN2O2. The molecule has 4 nitrogen and oxygen atoms in total. The summed E-state index contributed by atoms with van der Waals surface area (Å²) in [5.41, 5.74) is -0.108. The first-order valence-electron chi connectivity index (χ1n) is 4.28. The SMILES string of the molecule is COc1nn(C(C)(C)C)c(Br)c1OC. The molecule has 0 fully saturated rings. The Balaban J connectivity index is 3.28. The summed E-state index contributed by atoms with van der Waals surface area (Å²) in [5, 5.41) is 4.29. The molecule has 0 unspecified atom stereocenters. The van der Waals surface area contributed by atoms with Crippen molar-refractivity contribution in [3.05, 3.63) is 4.60 Å². The molecule has 0 saturated heterocycles. The van der Waals surface area contributed by atoms with Crippen molar-refractivity contribution in [2.75, 3.05) is 14.2 Å². The molecule has 0 amide bonds. The van der Waals surface area contributed by atoms with Gasteiger partial charge in [-0.05, 0) is 36.7 Å². The summed E-state index contributed by atoms with van der Waals surface area (Å²) in [7, 11) is 3.17. The minimum atomic E-state index is -0.108. The molecule has 0 aliphatic heterocycles. The van der Waals surface area contributed by atoms with Gasteiger partial charge in [0.1, 0.15) is 0 Å². The third-order valence-corrected chi connectivity index (χ3v) is 2.49. The highest BCUT2D eigenvalue weighted by molar-refractivity contribution is 9.10. The van der Waals surface area contributed by atoms with Gasteiger partial charge in [-0.2, -0.15) is 0 Å². The molecule has 1 heterocycles. The van der Waals surface area contributed by atoms with Crippen LogP contribution in [0.15, 0.2) is 4.60 Å². The van der Waals surface area contributed by atoms with Crippen molar-refractivity contribution >= 4 is 15.9 Å². The Morgan fingerprint density at radius 1 is 1.21 bits per heavy atom. The molecule has 80 valence electrons. The van der Waals surface area contributed by atoms with E-state index in [1.807, 2.05) is 4.68 Å². The topological polar surface area (TPSA) is 36.3 Å². The van der Waals surface area contributed by atoms with Crippen LogP contribution in [0.2, 0.25) is 0 Å². The monoisotopic (exact) mass is 262 g/mol. The maximum absolute atomic E-state index is 5.19. The fourth-order valence-corrected chi connectivity index (χ4v) is 2.06. The van der Waals surface area contributed by atoms with Crippen molar-refractivity contribution in [3.8, 4) is 11.6 Å². The van der Waals surface area contributed by atoms with E-state index in [0.717, 1.165) is 4.60 Å². The van der Waals surface area contributed by atoms with Gasteiger partial charge in [0, 0.05) is 0 Å². The van der Waals surface area contributed by atoms with Gasteiger partial charge in [-0.15, -0.1) is 5.10 Å². The van der Waals surface area contributed by atoms with E-state index in [-0.39, 0.29) is 5.54 Å². The molecule has 14 heavy (non-hydrogen) atoms. The molecule has 0 saturated carbocycles. The van der Waals surface area contributed by atoms with Crippen molar-refractivity contribution < 1.29 is 9.47 Å². The van der Waals surface area contributed by atoms with E-state index in [1.165, 1.54) is 0 Å². The highest BCUT2D eigenvalue weighted by Crippen LogP contribution is 2.37. The number of hydrogen-bond acceptors (Lipinski definition) is 3. The number of hydrogen-bond donors (Lipinski definition) is 0. The predicted molar refractivity (Wildman–Crippen MR) is 58.0 cm³/mol. The fourth-order valence-electron chi connectivity index (χ4n) is 1.11. The van der Waals surface area contributed by atoms with E-state index < -0.39 is 0 Å². The second-order valence-electron chi connectivity index (χ2n) is 3.92. The second kappa shape index (κ2) is 3.81. The van der Waals surface area contributed by atoms with Gasteiger partial charge in [0.2, 0.25) is 5.75 Å². The number of aromatic nitrogens is 2. The lowest BCUT2D eigenvalue weighted by molar-refractivity contribution is 0.323.